The minimum absolute atomic E-state index is 0.124. The third-order valence-corrected chi connectivity index (χ3v) is 7.31. The van der Waals surface area contributed by atoms with Crippen molar-refractivity contribution in [3.63, 3.8) is 0 Å². The van der Waals surface area contributed by atoms with E-state index in [0.29, 0.717) is 33.5 Å². The molecule has 0 radical (unpaired) electrons. The number of hydrogen-bond acceptors (Lipinski definition) is 2. The molecule has 11 heteroatoms. The highest BCUT2D eigenvalue weighted by atomic mass is 35.5. The number of halogens is 8. The van der Waals surface area contributed by atoms with Crippen LogP contribution in [0.4, 0.5) is 36.4 Å². The van der Waals surface area contributed by atoms with E-state index in [1.165, 1.54) is 66.7 Å². The van der Waals surface area contributed by atoms with Gasteiger partial charge >= 0.3 is 12.4 Å². The van der Waals surface area contributed by atoms with Crippen molar-refractivity contribution in [2.24, 2.45) is 5.92 Å². The molecule has 3 nitrogen and oxygen atoms in total. The topological polar surface area (TPSA) is 33.2 Å². The predicted octanol–water partition coefficient (Wildman–Crippen LogP) is 9.32. The maximum Gasteiger partial charge on any atom is 0.416 e. The van der Waals surface area contributed by atoms with Gasteiger partial charge in [0.15, 0.2) is 0 Å². The molecule has 4 rings (SSSR count). The lowest BCUT2D eigenvalue weighted by molar-refractivity contribution is -0.138. The standard InChI is InChI=1S/C31H24ClF7N2O/c1-17-14-23(33)12-13-24(17)25-15-27(32)40-16-26(25)41(3)29(42)18(2)28(19-4-8-21(9-5-19)30(34,35)36)20-6-10-22(11-7-20)31(37,38)39/h4-16,18,28H,1-3H3. The molecule has 220 valence electrons. The number of alkyl halides is 6. The highest BCUT2D eigenvalue weighted by molar-refractivity contribution is 6.29. The molecular weight excluding hydrogens is 585 g/mol. The van der Waals surface area contributed by atoms with E-state index in [0.717, 1.165) is 24.3 Å². The highest BCUT2D eigenvalue weighted by Crippen LogP contribution is 2.40. The largest absolute Gasteiger partial charge is 0.416 e. The highest BCUT2D eigenvalue weighted by Gasteiger charge is 2.35. The van der Waals surface area contributed by atoms with Gasteiger partial charge in [0, 0.05) is 24.4 Å². The quantitative estimate of drug-likeness (QED) is 0.161. The van der Waals surface area contributed by atoms with Crippen LogP contribution in [0.25, 0.3) is 11.1 Å². The summed E-state index contributed by atoms with van der Waals surface area (Å²) in [5.41, 5.74) is 0.771. The molecule has 0 aliphatic heterocycles. The van der Waals surface area contributed by atoms with Crippen molar-refractivity contribution in [3.05, 3.63) is 118 Å². The fourth-order valence-electron chi connectivity index (χ4n) is 4.93. The van der Waals surface area contributed by atoms with Gasteiger partial charge in [0.1, 0.15) is 11.0 Å². The molecule has 0 spiro atoms. The molecule has 1 unspecified atom stereocenters. The number of carbonyl (C=O) groups is 1. The van der Waals surface area contributed by atoms with Crippen LogP contribution in [0.2, 0.25) is 5.15 Å². The van der Waals surface area contributed by atoms with Crippen molar-refractivity contribution in [3.8, 4) is 11.1 Å². The Bertz CT molecular complexity index is 1530. The van der Waals surface area contributed by atoms with Gasteiger partial charge in [-0.05, 0) is 71.6 Å². The monoisotopic (exact) mass is 608 g/mol. The summed E-state index contributed by atoms with van der Waals surface area (Å²) < 4.78 is 93.2. The Morgan fingerprint density at radius 3 is 1.76 bits per heavy atom. The fraction of sp³-hybridized carbons (Fsp3) is 0.226. The van der Waals surface area contributed by atoms with Crippen LogP contribution in [0.1, 0.15) is 40.7 Å². The Morgan fingerprint density at radius 2 is 1.31 bits per heavy atom. The zero-order valence-electron chi connectivity index (χ0n) is 22.5. The van der Waals surface area contributed by atoms with Crippen molar-refractivity contribution in [2.75, 3.05) is 11.9 Å². The third kappa shape index (κ3) is 6.59. The Morgan fingerprint density at radius 1 is 0.810 bits per heavy atom. The zero-order valence-corrected chi connectivity index (χ0v) is 23.2. The van der Waals surface area contributed by atoms with E-state index < -0.39 is 47.0 Å². The van der Waals surface area contributed by atoms with Gasteiger partial charge in [-0.25, -0.2) is 9.37 Å². The number of anilines is 1. The van der Waals surface area contributed by atoms with Gasteiger partial charge in [0.05, 0.1) is 23.0 Å². The van der Waals surface area contributed by atoms with Gasteiger partial charge in [-0.15, -0.1) is 0 Å². The Hall–Kier alpha value is -3.92. The molecule has 0 bridgehead atoms. The van der Waals surface area contributed by atoms with Crippen molar-refractivity contribution in [1.29, 1.82) is 0 Å². The third-order valence-electron chi connectivity index (χ3n) is 7.10. The molecule has 3 aromatic carbocycles. The van der Waals surface area contributed by atoms with E-state index in [1.807, 2.05) is 0 Å². The van der Waals surface area contributed by atoms with E-state index in [1.54, 1.807) is 13.8 Å². The lowest BCUT2D eigenvalue weighted by Crippen LogP contribution is -2.35. The normalized spacial score (nSPS) is 12.9. The second kappa shape index (κ2) is 11.8. The minimum Gasteiger partial charge on any atom is -0.313 e. The molecule has 0 N–H and O–H groups in total. The molecule has 1 aromatic heterocycles. The summed E-state index contributed by atoms with van der Waals surface area (Å²) >= 11 is 6.15. The number of carbonyl (C=O) groups excluding carboxylic acids is 1. The molecular formula is C31H24ClF7N2O. The molecule has 1 atom stereocenters. The Labute approximate surface area is 242 Å². The summed E-state index contributed by atoms with van der Waals surface area (Å²) in [6.45, 7) is 3.23. The number of hydrogen-bond donors (Lipinski definition) is 0. The molecule has 42 heavy (non-hydrogen) atoms. The number of nitrogens with zero attached hydrogens (tertiary/aromatic N) is 2. The molecule has 0 aliphatic rings. The second-order valence-corrected chi connectivity index (χ2v) is 10.3. The number of amides is 1. The smallest absolute Gasteiger partial charge is 0.313 e. The summed E-state index contributed by atoms with van der Waals surface area (Å²) in [7, 11) is 1.47. The van der Waals surface area contributed by atoms with Gasteiger partial charge in [0.2, 0.25) is 5.91 Å². The van der Waals surface area contributed by atoms with Gasteiger partial charge < -0.3 is 4.90 Å². The van der Waals surface area contributed by atoms with Crippen LogP contribution in [-0.4, -0.2) is 17.9 Å². The number of rotatable bonds is 6. The fourth-order valence-corrected chi connectivity index (χ4v) is 5.09. The number of pyridine rings is 1. The van der Waals surface area contributed by atoms with Crippen LogP contribution in [0.15, 0.2) is 79.0 Å². The Balaban J connectivity index is 1.77. The van der Waals surface area contributed by atoms with Crippen LogP contribution in [0.3, 0.4) is 0 Å². The molecule has 1 amide bonds. The van der Waals surface area contributed by atoms with Crippen molar-refractivity contribution >= 4 is 23.2 Å². The average molecular weight is 609 g/mol. The summed E-state index contributed by atoms with van der Waals surface area (Å²) in [6.07, 6.45) is -7.82. The first kappa shape index (κ1) is 31.0. The molecule has 0 saturated heterocycles. The zero-order chi connectivity index (χ0) is 31.0. The van der Waals surface area contributed by atoms with Gasteiger partial charge in [-0.1, -0.05) is 48.9 Å². The molecule has 4 aromatic rings. The Kier molecular flexibility index (Phi) is 8.68. The van der Waals surface area contributed by atoms with Crippen LogP contribution in [0, 0.1) is 18.7 Å². The first-order chi connectivity index (χ1) is 19.6. The van der Waals surface area contributed by atoms with Gasteiger partial charge in [-0.3, -0.25) is 4.79 Å². The van der Waals surface area contributed by atoms with Crippen molar-refractivity contribution in [2.45, 2.75) is 32.1 Å². The number of aryl methyl sites for hydroxylation is 1. The van der Waals surface area contributed by atoms with E-state index >= 15 is 0 Å². The van der Waals surface area contributed by atoms with Crippen LogP contribution < -0.4 is 4.90 Å². The average Bonchev–Trinajstić information content (AvgIpc) is 2.92. The molecule has 0 aliphatic carbocycles. The van der Waals surface area contributed by atoms with Crippen molar-refractivity contribution in [1.82, 2.24) is 4.98 Å². The second-order valence-electron chi connectivity index (χ2n) is 9.89. The van der Waals surface area contributed by atoms with Gasteiger partial charge in [0.25, 0.3) is 0 Å². The van der Waals surface area contributed by atoms with Crippen LogP contribution >= 0.6 is 11.6 Å². The van der Waals surface area contributed by atoms with E-state index in [4.69, 9.17) is 11.6 Å². The van der Waals surface area contributed by atoms with Crippen molar-refractivity contribution < 1.29 is 35.5 Å². The summed E-state index contributed by atoms with van der Waals surface area (Å²) in [6, 6.07) is 14.0. The summed E-state index contributed by atoms with van der Waals surface area (Å²) in [5, 5.41) is 0.124. The predicted molar refractivity (Wildman–Crippen MR) is 147 cm³/mol. The first-order valence-corrected chi connectivity index (χ1v) is 13.0. The van der Waals surface area contributed by atoms with Crippen LogP contribution in [0.5, 0.6) is 0 Å². The minimum atomic E-state index is -4.60. The summed E-state index contributed by atoms with van der Waals surface area (Å²) in [4.78, 5) is 19.3. The lowest BCUT2D eigenvalue weighted by Gasteiger charge is -2.30. The van der Waals surface area contributed by atoms with E-state index in [2.05, 4.69) is 4.98 Å². The molecule has 0 saturated carbocycles. The first-order valence-electron chi connectivity index (χ1n) is 12.6. The molecule has 0 fully saturated rings. The van der Waals surface area contributed by atoms with E-state index in [9.17, 15) is 35.5 Å². The SMILES string of the molecule is Cc1cc(F)ccc1-c1cc(Cl)ncc1N(C)C(=O)C(C)C(c1ccc(C(F)(F)F)cc1)c1ccc(C(F)(F)F)cc1. The lowest BCUT2D eigenvalue weighted by atomic mass is 9.80. The van der Waals surface area contributed by atoms with E-state index in [-0.39, 0.29) is 5.15 Å². The van der Waals surface area contributed by atoms with Crippen LogP contribution in [-0.2, 0) is 17.1 Å². The summed E-state index contributed by atoms with van der Waals surface area (Å²) in [5.74, 6) is -2.81. The van der Waals surface area contributed by atoms with Gasteiger partial charge in [-0.2, -0.15) is 26.3 Å². The number of aromatic nitrogens is 1. The number of benzene rings is 3. The molecule has 1 heterocycles. The maximum atomic E-state index is 13.9. The maximum absolute atomic E-state index is 13.9.